The molecule has 0 spiro atoms. The van der Waals surface area contributed by atoms with Crippen molar-refractivity contribution in [2.24, 2.45) is 0 Å². The van der Waals surface area contributed by atoms with Crippen LogP contribution >= 0.6 is 11.3 Å². The second-order valence-corrected chi connectivity index (χ2v) is 7.69. The lowest BCUT2D eigenvalue weighted by atomic mass is 10.2. The van der Waals surface area contributed by atoms with E-state index >= 15 is 0 Å². The van der Waals surface area contributed by atoms with Gasteiger partial charge in [-0.25, -0.2) is 4.79 Å². The first-order valence-electron chi connectivity index (χ1n) is 9.10. The molecule has 1 amide bonds. The second kappa shape index (κ2) is 7.89. The highest BCUT2D eigenvalue weighted by Crippen LogP contribution is 2.30. The molecule has 0 aliphatic heterocycles. The summed E-state index contributed by atoms with van der Waals surface area (Å²) in [6.07, 6.45) is 0. The largest absolute Gasteiger partial charge is 0.422 e. The van der Waals surface area contributed by atoms with Crippen molar-refractivity contribution in [2.75, 3.05) is 5.32 Å². The molecule has 0 atom stereocenters. The molecule has 0 unspecified atom stereocenters. The Morgan fingerprint density at radius 1 is 1.10 bits per heavy atom. The average Bonchev–Trinajstić information content (AvgIpc) is 3.24. The van der Waals surface area contributed by atoms with E-state index in [4.69, 9.17) is 4.74 Å². The highest BCUT2D eigenvalue weighted by Gasteiger charge is 2.18. The molecule has 4 aromatic rings. The SMILES string of the molecule is CC(=O)Nc1cccc(OC(=O)c2cc3c(C)nn(Cc4ccccc4)c3s2)c1. The molecule has 0 saturated heterocycles. The van der Waals surface area contributed by atoms with Crippen LogP contribution in [0.25, 0.3) is 10.2 Å². The summed E-state index contributed by atoms with van der Waals surface area (Å²) >= 11 is 1.36. The van der Waals surface area contributed by atoms with Crippen LogP contribution in [0.5, 0.6) is 5.75 Å². The number of amides is 1. The fourth-order valence-electron chi connectivity index (χ4n) is 3.07. The lowest BCUT2D eigenvalue weighted by Gasteiger charge is -2.06. The van der Waals surface area contributed by atoms with Crippen molar-refractivity contribution in [3.63, 3.8) is 0 Å². The summed E-state index contributed by atoms with van der Waals surface area (Å²) in [5.74, 6) is -0.241. The molecule has 4 rings (SSSR count). The van der Waals surface area contributed by atoms with E-state index in [1.165, 1.54) is 18.3 Å². The maximum atomic E-state index is 12.7. The number of hydrogen-bond acceptors (Lipinski definition) is 5. The molecule has 0 aliphatic carbocycles. The van der Waals surface area contributed by atoms with Crippen molar-refractivity contribution in [1.82, 2.24) is 9.78 Å². The van der Waals surface area contributed by atoms with E-state index in [9.17, 15) is 9.59 Å². The minimum absolute atomic E-state index is 0.184. The van der Waals surface area contributed by atoms with Gasteiger partial charge >= 0.3 is 5.97 Å². The van der Waals surface area contributed by atoms with Gasteiger partial charge in [0.15, 0.2) is 0 Å². The third-order valence-electron chi connectivity index (χ3n) is 4.35. The van der Waals surface area contributed by atoms with Crippen LogP contribution in [0.4, 0.5) is 5.69 Å². The van der Waals surface area contributed by atoms with Crippen molar-refractivity contribution in [2.45, 2.75) is 20.4 Å². The zero-order chi connectivity index (χ0) is 20.4. The van der Waals surface area contributed by atoms with Gasteiger partial charge in [-0.05, 0) is 30.7 Å². The topological polar surface area (TPSA) is 73.2 Å². The monoisotopic (exact) mass is 405 g/mol. The molecule has 29 heavy (non-hydrogen) atoms. The summed E-state index contributed by atoms with van der Waals surface area (Å²) in [7, 11) is 0. The maximum Gasteiger partial charge on any atom is 0.353 e. The number of nitrogens with zero attached hydrogens (tertiary/aromatic N) is 2. The normalized spacial score (nSPS) is 10.8. The lowest BCUT2D eigenvalue weighted by Crippen LogP contribution is -2.08. The van der Waals surface area contributed by atoms with Crippen molar-refractivity contribution >= 4 is 39.1 Å². The summed E-state index contributed by atoms with van der Waals surface area (Å²) in [4.78, 5) is 25.3. The number of nitrogens with one attached hydrogen (secondary N) is 1. The molecular formula is C22H19N3O3S. The number of carbonyl (C=O) groups excluding carboxylic acids is 2. The van der Waals surface area contributed by atoms with Crippen molar-refractivity contribution in [1.29, 1.82) is 0 Å². The summed E-state index contributed by atoms with van der Waals surface area (Å²) < 4.78 is 7.43. The number of fused-ring (bicyclic) bond motifs is 1. The Bertz CT molecular complexity index is 1190. The third kappa shape index (κ3) is 4.20. The number of aromatic nitrogens is 2. The summed E-state index contributed by atoms with van der Waals surface area (Å²) in [6.45, 7) is 4.00. The van der Waals surface area contributed by atoms with Gasteiger partial charge in [0.25, 0.3) is 0 Å². The van der Waals surface area contributed by atoms with E-state index in [2.05, 4.69) is 10.4 Å². The van der Waals surface area contributed by atoms with Crippen molar-refractivity contribution in [3.05, 3.63) is 76.8 Å². The molecule has 2 aromatic carbocycles. The Hall–Kier alpha value is -3.45. The maximum absolute atomic E-state index is 12.7. The molecule has 7 heteroatoms. The van der Waals surface area contributed by atoms with E-state index < -0.39 is 5.97 Å². The van der Waals surface area contributed by atoms with Gasteiger partial charge in [-0.1, -0.05) is 36.4 Å². The summed E-state index contributed by atoms with van der Waals surface area (Å²) in [6, 6.07) is 18.7. The number of aryl methyl sites for hydroxylation is 1. The minimum atomic E-state index is -0.433. The van der Waals surface area contributed by atoms with Crippen molar-refractivity contribution < 1.29 is 14.3 Å². The molecular weight excluding hydrogens is 386 g/mol. The number of carbonyl (C=O) groups is 2. The van der Waals surface area contributed by atoms with Crippen molar-refractivity contribution in [3.8, 4) is 5.75 Å². The molecule has 0 saturated carbocycles. The molecule has 0 radical (unpaired) electrons. The predicted molar refractivity (Wildman–Crippen MR) is 114 cm³/mol. The van der Waals surface area contributed by atoms with E-state index in [-0.39, 0.29) is 5.91 Å². The van der Waals surface area contributed by atoms with Crippen LogP contribution in [-0.2, 0) is 11.3 Å². The Labute approximate surface area is 171 Å². The number of benzene rings is 2. The van der Waals surface area contributed by atoms with Gasteiger partial charge in [0.1, 0.15) is 15.5 Å². The predicted octanol–water partition coefficient (Wildman–Crippen LogP) is 4.63. The van der Waals surface area contributed by atoms with Crippen LogP contribution in [0.3, 0.4) is 0 Å². The highest BCUT2D eigenvalue weighted by atomic mass is 32.1. The summed E-state index contributed by atoms with van der Waals surface area (Å²) in [5.41, 5.74) is 2.59. The van der Waals surface area contributed by atoms with Crippen LogP contribution in [0.15, 0.2) is 60.7 Å². The standard InChI is InChI=1S/C22H19N3O3S/c1-14-19-12-20(22(27)28-18-10-6-9-17(11-18)23-15(2)26)29-21(19)25(24-14)13-16-7-4-3-5-8-16/h3-12H,13H2,1-2H3,(H,23,26). The minimum Gasteiger partial charge on any atom is -0.422 e. The molecule has 146 valence electrons. The molecule has 0 fully saturated rings. The zero-order valence-corrected chi connectivity index (χ0v) is 16.8. The van der Waals surface area contributed by atoms with Gasteiger partial charge in [-0.2, -0.15) is 5.10 Å². The molecule has 0 bridgehead atoms. The molecule has 1 N–H and O–H groups in total. The van der Waals surface area contributed by atoms with Gasteiger partial charge in [0.2, 0.25) is 5.91 Å². The van der Waals surface area contributed by atoms with Crippen LogP contribution in [-0.4, -0.2) is 21.7 Å². The number of ether oxygens (including phenoxy) is 1. The van der Waals surface area contributed by atoms with E-state index in [0.717, 1.165) is 21.5 Å². The number of thiophene rings is 1. The molecule has 6 nitrogen and oxygen atoms in total. The van der Waals surface area contributed by atoms with E-state index in [1.807, 2.05) is 48.0 Å². The van der Waals surface area contributed by atoms with Crippen LogP contribution in [0.1, 0.15) is 27.9 Å². The fraction of sp³-hybridized carbons (Fsp3) is 0.136. The summed E-state index contributed by atoms with van der Waals surface area (Å²) in [5, 5.41) is 8.23. The second-order valence-electron chi connectivity index (χ2n) is 6.66. The Morgan fingerprint density at radius 3 is 2.66 bits per heavy atom. The molecule has 2 aromatic heterocycles. The number of rotatable bonds is 5. The number of hydrogen-bond donors (Lipinski definition) is 1. The Balaban J connectivity index is 1.57. The van der Waals surface area contributed by atoms with Gasteiger partial charge < -0.3 is 10.1 Å². The highest BCUT2D eigenvalue weighted by molar-refractivity contribution is 7.20. The van der Waals surface area contributed by atoms with Gasteiger partial charge in [-0.3, -0.25) is 9.48 Å². The average molecular weight is 405 g/mol. The van der Waals surface area contributed by atoms with E-state index in [1.54, 1.807) is 24.3 Å². The Morgan fingerprint density at radius 2 is 1.90 bits per heavy atom. The third-order valence-corrected chi connectivity index (χ3v) is 5.48. The number of esters is 1. The van der Waals surface area contributed by atoms with Crippen LogP contribution in [0.2, 0.25) is 0 Å². The first-order chi connectivity index (χ1) is 14.0. The van der Waals surface area contributed by atoms with Gasteiger partial charge in [0, 0.05) is 24.1 Å². The van der Waals surface area contributed by atoms with Gasteiger partial charge in [0.05, 0.1) is 12.2 Å². The van der Waals surface area contributed by atoms with Gasteiger partial charge in [-0.15, -0.1) is 11.3 Å². The Kier molecular flexibility index (Phi) is 5.14. The smallest absolute Gasteiger partial charge is 0.353 e. The molecule has 2 heterocycles. The quantitative estimate of drug-likeness (QED) is 0.388. The molecule has 0 aliphatic rings. The van der Waals surface area contributed by atoms with E-state index in [0.29, 0.717) is 22.9 Å². The first kappa shape index (κ1) is 18.9. The first-order valence-corrected chi connectivity index (χ1v) is 9.92. The lowest BCUT2D eigenvalue weighted by molar-refractivity contribution is -0.114. The fourth-order valence-corrected chi connectivity index (χ4v) is 4.11. The zero-order valence-electron chi connectivity index (χ0n) is 16.0. The van der Waals surface area contributed by atoms with Crippen LogP contribution < -0.4 is 10.1 Å². The number of anilines is 1. The van der Waals surface area contributed by atoms with Crippen LogP contribution in [0, 0.1) is 6.92 Å².